The van der Waals surface area contributed by atoms with E-state index in [0.29, 0.717) is 0 Å². The van der Waals surface area contributed by atoms with Crippen LogP contribution >= 0.6 is 27.5 Å². The van der Waals surface area contributed by atoms with Crippen LogP contribution in [0, 0.1) is 5.92 Å². The Morgan fingerprint density at radius 1 is 1.33 bits per heavy atom. The number of anilines is 1. The molecule has 0 aromatic heterocycles. The molecule has 0 unspecified atom stereocenters. The largest absolute Gasteiger partial charge is 0.385 e. The standard InChI is InChI=1S/C12H15BrClN/c13-11-6-5-10(7-12(11)14)15-8-9-3-1-2-4-9/h5-7,9,15H,1-4,8H2. The van der Waals surface area contributed by atoms with Gasteiger partial charge in [0, 0.05) is 16.7 Å². The lowest BCUT2D eigenvalue weighted by Crippen LogP contribution is -2.10. The minimum Gasteiger partial charge on any atom is -0.385 e. The number of hydrogen-bond acceptors (Lipinski definition) is 1. The molecule has 1 saturated carbocycles. The van der Waals surface area contributed by atoms with Crippen molar-refractivity contribution in [2.24, 2.45) is 5.92 Å². The number of benzene rings is 1. The van der Waals surface area contributed by atoms with Crippen molar-refractivity contribution in [2.75, 3.05) is 11.9 Å². The van der Waals surface area contributed by atoms with Crippen molar-refractivity contribution in [1.29, 1.82) is 0 Å². The topological polar surface area (TPSA) is 12.0 Å². The lowest BCUT2D eigenvalue weighted by atomic mass is 10.1. The van der Waals surface area contributed by atoms with Gasteiger partial charge in [0.2, 0.25) is 0 Å². The van der Waals surface area contributed by atoms with Crippen LogP contribution in [-0.2, 0) is 0 Å². The predicted molar refractivity (Wildman–Crippen MR) is 69.6 cm³/mol. The minimum absolute atomic E-state index is 0.770. The molecule has 1 aromatic carbocycles. The number of hydrogen-bond donors (Lipinski definition) is 1. The van der Waals surface area contributed by atoms with Gasteiger partial charge in [-0.2, -0.15) is 0 Å². The third-order valence-electron chi connectivity index (χ3n) is 2.99. The Hall–Kier alpha value is -0.210. The molecule has 2 rings (SSSR count). The quantitative estimate of drug-likeness (QED) is 0.850. The summed E-state index contributed by atoms with van der Waals surface area (Å²) < 4.78 is 0.954. The Kier molecular flexibility index (Phi) is 3.92. The number of halogens is 2. The molecule has 0 spiro atoms. The Bertz CT molecular complexity index is 334. The first-order chi connectivity index (χ1) is 7.25. The van der Waals surface area contributed by atoms with E-state index >= 15 is 0 Å². The summed E-state index contributed by atoms with van der Waals surface area (Å²) in [6.07, 6.45) is 5.54. The molecule has 0 radical (unpaired) electrons. The summed E-state index contributed by atoms with van der Waals surface area (Å²) >= 11 is 9.41. The Balaban J connectivity index is 1.90. The van der Waals surface area contributed by atoms with Crippen LogP contribution in [0.4, 0.5) is 5.69 Å². The smallest absolute Gasteiger partial charge is 0.0568 e. The van der Waals surface area contributed by atoms with E-state index in [4.69, 9.17) is 11.6 Å². The molecule has 0 bridgehead atoms. The van der Waals surface area contributed by atoms with Gasteiger partial charge in [0.15, 0.2) is 0 Å². The van der Waals surface area contributed by atoms with Crippen molar-refractivity contribution in [3.05, 3.63) is 27.7 Å². The molecular formula is C12H15BrClN. The summed E-state index contributed by atoms with van der Waals surface area (Å²) in [5.41, 5.74) is 1.12. The summed E-state index contributed by atoms with van der Waals surface area (Å²) in [5.74, 6) is 0.854. The van der Waals surface area contributed by atoms with Gasteiger partial charge in [0.05, 0.1) is 5.02 Å². The molecule has 1 fully saturated rings. The highest BCUT2D eigenvalue weighted by Gasteiger charge is 2.14. The van der Waals surface area contributed by atoms with E-state index in [2.05, 4.69) is 27.3 Å². The molecule has 0 heterocycles. The van der Waals surface area contributed by atoms with Crippen LogP contribution in [0.25, 0.3) is 0 Å². The van der Waals surface area contributed by atoms with Crippen molar-refractivity contribution in [3.8, 4) is 0 Å². The molecule has 1 aliphatic rings. The SMILES string of the molecule is Clc1cc(NCC2CCCC2)ccc1Br. The molecule has 3 heteroatoms. The lowest BCUT2D eigenvalue weighted by Gasteiger charge is -2.12. The van der Waals surface area contributed by atoms with E-state index in [1.165, 1.54) is 25.7 Å². The van der Waals surface area contributed by atoms with Gasteiger partial charge in [0.1, 0.15) is 0 Å². The van der Waals surface area contributed by atoms with Crippen LogP contribution in [0.2, 0.25) is 5.02 Å². The van der Waals surface area contributed by atoms with Crippen molar-refractivity contribution in [2.45, 2.75) is 25.7 Å². The fourth-order valence-corrected chi connectivity index (χ4v) is 2.51. The predicted octanol–water partition coefficient (Wildman–Crippen LogP) is 4.70. The van der Waals surface area contributed by atoms with Crippen molar-refractivity contribution in [1.82, 2.24) is 0 Å². The molecule has 0 atom stereocenters. The summed E-state index contributed by atoms with van der Waals surface area (Å²) in [6, 6.07) is 6.02. The normalized spacial score (nSPS) is 16.9. The first kappa shape index (κ1) is 11.3. The van der Waals surface area contributed by atoms with Gasteiger partial charge in [-0.1, -0.05) is 24.4 Å². The van der Waals surface area contributed by atoms with E-state index in [-0.39, 0.29) is 0 Å². The molecule has 15 heavy (non-hydrogen) atoms. The van der Waals surface area contributed by atoms with E-state index in [0.717, 1.165) is 27.6 Å². The van der Waals surface area contributed by atoms with E-state index in [9.17, 15) is 0 Å². The summed E-state index contributed by atoms with van der Waals surface area (Å²) in [4.78, 5) is 0. The second-order valence-electron chi connectivity index (χ2n) is 4.16. The molecule has 0 amide bonds. The van der Waals surface area contributed by atoms with Gasteiger partial charge >= 0.3 is 0 Å². The highest BCUT2D eigenvalue weighted by molar-refractivity contribution is 9.10. The zero-order chi connectivity index (χ0) is 10.7. The molecule has 1 aliphatic carbocycles. The summed E-state index contributed by atoms with van der Waals surface area (Å²) in [7, 11) is 0. The molecule has 1 nitrogen and oxygen atoms in total. The molecule has 1 aromatic rings. The van der Waals surface area contributed by atoms with Gasteiger partial charge in [-0.3, -0.25) is 0 Å². The third kappa shape index (κ3) is 3.12. The van der Waals surface area contributed by atoms with Gasteiger partial charge in [-0.25, -0.2) is 0 Å². The summed E-state index contributed by atoms with van der Waals surface area (Å²) in [5, 5.41) is 4.22. The monoisotopic (exact) mass is 287 g/mol. The van der Waals surface area contributed by atoms with Gasteiger partial charge in [0.25, 0.3) is 0 Å². The van der Waals surface area contributed by atoms with Crippen molar-refractivity contribution < 1.29 is 0 Å². The van der Waals surface area contributed by atoms with Gasteiger partial charge in [-0.05, 0) is 52.9 Å². The first-order valence-corrected chi connectivity index (χ1v) is 6.62. The highest BCUT2D eigenvalue weighted by Crippen LogP contribution is 2.27. The van der Waals surface area contributed by atoms with Crippen molar-refractivity contribution in [3.63, 3.8) is 0 Å². The highest BCUT2D eigenvalue weighted by atomic mass is 79.9. The Morgan fingerprint density at radius 2 is 2.07 bits per heavy atom. The van der Waals surface area contributed by atoms with Crippen LogP contribution in [0.5, 0.6) is 0 Å². The van der Waals surface area contributed by atoms with Crippen molar-refractivity contribution >= 4 is 33.2 Å². The number of nitrogens with one attached hydrogen (secondary N) is 1. The van der Waals surface area contributed by atoms with Crippen LogP contribution in [0.15, 0.2) is 22.7 Å². The maximum Gasteiger partial charge on any atom is 0.0568 e. The average Bonchev–Trinajstić information content (AvgIpc) is 2.73. The molecular weight excluding hydrogens is 273 g/mol. The Morgan fingerprint density at radius 3 is 2.73 bits per heavy atom. The lowest BCUT2D eigenvalue weighted by molar-refractivity contribution is 0.580. The number of rotatable bonds is 3. The fourth-order valence-electron chi connectivity index (χ4n) is 2.08. The Labute approximate surface area is 104 Å². The van der Waals surface area contributed by atoms with Crippen LogP contribution in [0.3, 0.4) is 0 Å². The maximum atomic E-state index is 6.02. The molecule has 0 aliphatic heterocycles. The second-order valence-corrected chi connectivity index (χ2v) is 5.42. The minimum atomic E-state index is 0.770. The molecule has 0 saturated heterocycles. The van der Waals surface area contributed by atoms with Crippen LogP contribution in [-0.4, -0.2) is 6.54 Å². The maximum absolute atomic E-state index is 6.02. The molecule has 82 valence electrons. The summed E-state index contributed by atoms with van der Waals surface area (Å²) in [6.45, 7) is 1.08. The fraction of sp³-hybridized carbons (Fsp3) is 0.500. The third-order valence-corrected chi connectivity index (χ3v) is 4.22. The van der Waals surface area contributed by atoms with E-state index in [1.54, 1.807) is 0 Å². The average molecular weight is 289 g/mol. The van der Waals surface area contributed by atoms with Crippen LogP contribution in [0.1, 0.15) is 25.7 Å². The van der Waals surface area contributed by atoms with Gasteiger partial charge < -0.3 is 5.32 Å². The van der Waals surface area contributed by atoms with Crippen LogP contribution < -0.4 is 5.32 Å². The van der Waals surface area contributed by atoms with E-state index in [1.807, 2.05) is 12.1 Å². The zero-order valence-electron chi connectivity index (χ0n) is 8.60. The van der Waals surface area contributed by atoms with Gasteiger partial charge in [-0.15, -0.1) is 0 Å². The van der Waals surface area contributed by atoms with E-state index < -0.39 is 0 Å². The zero-order valence-corrected chi connectivity index (χ0v) is 10.9. The first-order valence-electron chi connectivity index (χ1n) is 5.44. The second kappa shape index (κ2) is 5.22. The molecule has 1 N–H and O–H groups in total.